The minimum atomic E-state index is -0.448. The van der Waals surface area contributed by atoms with E-state index in [1.54, 1.807) is 18.0 Å². The Balaban J connectivity index is 1.76. The maximum Gasteiger partial charge on any atom is 0.149 e. The molecule has 0 aliphatic carbocycles. The number of aliphatic imine (C=N–C) groups is 1. The van der Waals surface area contributed by atoms with Crippen LogP contribution in [0.4, 0.5) is 0 Å². The van der Waals surface area contributed by atoms with Gasteiger partial charge in [-0.3, -0.25) is 4.99 Å². The number of fused-ring (bicyclic) bond motifs is 2. The van der Waals surface area contributed by atoms with Gasteiger partial charge < -0.3 is 10.1 Å². The highest BCUT2D eigenvalue weighted by molar-refractivity contribution is 8.14. The number of nitrogens with zero attached hydrogens (tertiary/aromatic N) is 2. The second-order valence-corrected chi connectivity index (χ2v) is 6.39. The number of hydrogen-bond acceptors (Lipinski definition) is 5. The monoisotopic (exact) mass is 309 g/mol. The fourth-order valence-corrected chi connectivity index (χ4v) is 4.12. The van der Waals surface area contributed by atoms with E-state index in [4.69, 9.17) is 0 Å². The van der Waals surface area contributed by atoms with E-state index >= 15 is 0 Å². The number of carbonyl (C=O) groups is 1. The maximum atomic E-state index is 11.4. The summed E-state index contributed by atoms with van der Waals surface area (Å²) in [4.78, 5) is 20.5. The Bertz CT molecular complexity index is 759. The summed E-state index contributed by atoms with van der Waals surface area (Å²) in [5.41, 5.74) is 3.50. The van der Waals surface area contributed by atoms with Crippen molar-refractivity contribution in [1.82, 2.24) is 10.3 Å². The van der Waals surface area contributed by atoms with Crippen LogP contribution in [0.2, 0.25) is 0 Å². The lowest BCUT2D eigenvalue weighted by Gasteiger charge is -2.30. The predicted octanol–water partition coefficient (Wildman–Crippen LogP) is 2.71. The van der Waals surface area contributed by atoms with Crippen LogP contribution in [0, 0.1) is 0 Å². The van der Waals surface area contributed by atoms with Crippen LogP contribution in [0.25, 0.3) is 0 Å². The van der Waals surface area contributed by atoms with Gasteiger partial charge in [0.05, 0.1) is 11.1 Å². The molecule has 0 radical (unpaired) electrons. The predicted molar refractivity (Wildman–Crippen MR) is 87.2 cm³/mol. The van der Waals surface area contributed by atoms with Crippen LogP contribution in [0.15, 0.2) is 52.6 Å². The third-order valence-electron chi connectivity index (χ3n) is 4.07. The minimum absolute atomic E-state index is 0.0487. The molecule has 2 aliphatic heterocycles. The van der Waals surface area contributed by atoms with E-state index in [0.29, 0.717) is 0 Å². The van der Waals surface area contributed by atoms with Crippen molar-refractivity contribution < 1.29 is 4.79 Å². The van der Waals surface area contributed by atoms with Crippen LogP contribution >= 0.6 is 11.8 Å². The number of nitrogens with one attached hydrogen (secondary N) is 1. The van der Waals surface area contributed by atoms with Gasteiger partial charge in [0, 0.05) is 18.3 Å². The molecule has 0 spiro atoms. The highest BCUT2D eigenvalue weighted by atomic mass is 32.2. The summed E-state index contributed by atoms with van der Waals surface area (Å²) in [7, 11) is 0. The molecular weight excluding hydrogens is 294 g/mol. The lowest BCUT2D eigenvalue weighted by atomic mass is 9.95. The Hall–Kier alpha value is -1.98. The molecule has 22 heavy (non-hydrogen) atoms. The molecule has 4 nitrogen and oxygen atoms in total. The van der Waals surface area contributed by atoms with Gasteiger partial charge in [0.2, 0.25) is 0 Å². The summed E-state index contributed by atoms with van der Waals surface area (Å²) in [5.74, 6) is 0. The van der Waals surface area contributed by atoms with Gasteiger partial charge in [-0.2, -0.15) is 0 Å². The molecule has 0 saturated heterocycles. The number of benzene rings is 1. The number of aldehydes is 1. The van der Waals surface area contributed by atoms with Gasteiger partial charge in [-0.1, -0.05) is 42.1 Å². The van der Waals surface area contributed by atoms with Crippen molar-refractivity contribution in [1.29, 1.82) is 0 Å². The molecule has 2 aliphatic rings. The van der Waals surface area contributed by atoms with E-state index in [9.17, 15) is 4.79 Å². The van der Waals surface area contributed by atoms with E-state index in [-0.39, 0.29) is 6.04 Å². The largest absolute Gasteiger partial charge is 0.304 e. The van der Waals surface area contributed by atoms with Crippen LogP contribution in [-0.4, -0.2) is 22.9 Å². The topological polar surface area (TPSA) is 54.4 Å². The molecular formula is C17H15N3OS. The zero-order valence-electron chi connectivity index (χ0n) is 11.9. The van der Waals surface area contributed by atoms with Crippen molar-refractivity contribution in [2.75, 3.05) is 6.54 Å². The first-order valence-corrected chi connectivity index (χ1v) is 8.15. The number of hydrogen-bond donors (Lipinski definition) is 1. The van der Waals surface area contributed by atoms with E-state index in [1.807, 2.05) is 12.1 Å². The van der Waals surface area contributed by atoms with Gasteiger partial charge in [-0.05, 0) is 23.6 Å². The average Bonchev–Trinajstić information content (AvgIpc) is 2.60. The molecule has 0 fully saturated rings. The van der Waals surface area contributed by atoms with Crippen LogP contribution < -0.4 is 5.32 Å². The zero-order chi connectivity index (χ0) is 14.9. The molecule has 2 atom stereocenters. The molecule has 0 amide bonds. The molecule has 2 aromatic rings. The summed E-state index contributed by atoms with van der Waals surface area (Å²) in [6.45, 7) is 0.919. The molecule has 110 valence electrons. The second-order valence-electron chi connectivity index (χ2n) is 5.38. The fourth-order valence-electron chi connectivity index (χ4n) is 3.01. The summed E-state index contributed by atoms with van der Waals surface area (Å²) >= 11 is 1.56. The molecule has 3 heterocycles. The van der Waals surface area contributed by atoms with Gasteiger partial charge in [-0.25, -0.2) is 4.98 Å². The van der Waals surface area contributed by atoms with Crippen molar-refractivity contribution in [3.8, 4) is 0 Å². The van der Waals surface area contributed by atoms with Gasteiger partial charge in [0.1, 0.15) is 17.4 Å². The van der Waals surface area contributed by atoms with E-state index < -0.39 is 6.04 Å². The standard InChI is InChI=1S/C17H15N3OS/c21-10-14-13-6-3-8-19-16(13)22-17(20-14)15-12-5-2-1-4-11(12)7-9-18-15/h1-6,8,10,14-15,18H,7,9H2/t14?,15-/m1/s1. The number of aromatic nitrogens is 1. The molecule has 1 aromatic heterocycles. The Morgan fingerprint density at radius 2 is 2.05 bits per heavy atom. The van der Waals surface area contributed by atoms with Gasteiger partial charge in [0.25, 0.3) is 0 Å². The highest BCUT2D eigenvalue weighted by Crippen LogP contribution is 2.39. The third-order valence-corrected chi connectivity index (χ3v) is 5.16. The van der Waals surface area contributed by atoms with Crippen molar-refractivity contribution in [2.45, 2.75) is 23.5 Å². The highest BCUT2D eigenvalue weighted by Gasteiger charge is 2.30. The van der Waals surface area contributed by atoms with Crippen molar-refractivity contribution in [2.24, 2.45) is 4.99 Å². The van der Waals surface area contributed by atoms with Gasteiger partial charge in [0.15, 0.2) is 0 Å². The number of carbonyl (C=O) groups excluding carboxylic acids is 1. The Kier molecular flexibility index (Phi) is 3.52. The van der Waals surface area contributed by atoms with Crippen molar-refractivity contribution in [3.63, 3.8) is 0 Å². The Morgan fingerprint density at radius 1 is 1.18 bits per heavy atom. The molecule has 4 rings (SSSR count). The molecule has 1 N–H and O–H groups in total. The first kappa shape index (κ1) is 13.7. The van der Waals surface area contributed by atoms with E-state index in [2.05, 4.69) is 39.6 Å². The van der Waals surface area contributed by atoms with Crippen LogP contribution in [-0.2, 0) is 11.2 Å². The molecule has 0 saturated carbocycles. The number of rotatable bonds is 2. The first-order valence-electron chi connectivity index (χ1n) is 7.34. The van der Waals surface area contributed by atoms with Crippen molar-refractivity contribution >= 4 is 23.1 Å². The summed E-state index contributed by atoms with van der Waals surface area (Å²) < 4.78 is 0. The molecule has 1 unspecified atom stereocenters. The lowest BCUT2D eigenvalue weighted by Crippen LogP contribution is -2.35. The van der Waals surface area contributed by atoms with Crippen LogP contribution in [0.5, 0.6) is 0 Å². The van der Waals surface area contributed by atoms with E-state index in [0.717, 1.165) is 34.9 Å². The molecule has 0 bridgehead atoms. The third kappa shape index (κ3) is 2.26. The van der Waals surface area contributed by atoms with Crippen molar-refractivity contribution in [3.05, 3.63) is 59.3 Å². The number of pyridine rings is 1. The second kappa shape index (κ2) is 5.66. The summed E-state index contributed by atoms with van der Waals surface area (Å²) in [6.07, 6.45) is 3.68. The van der Waals surface area contributed by atoms with Crippen LogP contribution in [0.1, 0.15) is 28.8 Å². The lowest BCUT2D eigenvalue weighted by molar-refractivity contribution is -0.109. The first-order chi connectivity index (χ1) is 10.9. The molecule has 1 aromatic carbocycles. The Morgan fingerprint density at radius 3 is 2.95 bits per heavy atom. The minimum Gasteiger partial charge on any atom is -0.304 e. The smallest absolute Gasteiger partial charge is 0.149 e. The SMILES string of the molecule is O=CC1N=C([C@@H]2NCCc3ccccc32)Sc2ncccc21. The normalized spacial score (nSPS) is 23.2. The Labute approximate surface area is 133 Å². The summed E-state index contributed by atoms with van der Waals surface area (Å²) in [5, 5.41) is 5.34. The quantitative estimate of drug-likeness (QED) is 0.867. The van der Waals surface area contributed by atoms with Crippen LogP contribution in [0.3, 0.4) is 0 Å². The fraction of sp³-hybridized carbons (Fsp3) is 0.235. The molecule has 5 heteroatoms. The van der Waals surface area contributed by atoms with E-state index in [1.165, 1.54) is 11.1 Å². The summed E-state index contributed by atoms with van der Waals surface area (Å²) in [6, 6.07) is 11.8. The van der Waals surface area contributed by atoms with Gasteiger partial charge >= 0.3 is 0 Å². The zero-order valence-corrected chi connectivity index (χ0v) is 12.7. The average molecular weight is 309 g/mol. The maximum absolute atomic E-state index is 11.4. The number of thioether (sulfide) groups is 1. The van der Waals surface area contributed by atoms with Gasteiger partial charge in [-0.15, -0.1) is 0 Å².